The second kappa shape index (κ2) is 8.26. The van der Waals surface area contributed by atoms with Crippen LogP contribution in [0.15, 0.2) is 0 Å². The molecule has 0 N–H and O–H groups in total. The molecule has 0 spiro atoms. The van der Waals surface area contributed by atoms with Gasteiger partial charge in [0.1, 0.15) is 5.60 Å². The summed E-state index contributed by atoms with van der Waals surface area (Å²) in [6, 6.07) is 0. The largest absolute Gasteiger partial charge is 0.460 e. The Morgan fingerprint density at radius 3 is 2.11 bits per heavy atom. The molecule has 0 radical (unpaired) electrons. The van der Waals surface area contributed by atoms with Crippen LogP contribution in [-0.2, 0) is 30.4 Å². The molecule has 0 atom stereocenters. The molecule has 0 aromatic rings. The van der Waals surface area contributed by atoms with Crippen LogP contribution < -0.4 is 0 Å². The van der Waals surface area contributed by atoms with Crippen LogP contribution in [0.5, 0.6) is 0 Å². The maximum Gasteiger partial charge on any atom is 0.306 e. The highest BCUT2D eigenvalue weighted by atomic mass is 32.5. The van der Waals surface area contributed by atoms with Crippen LogP contribution in [0.2, 0.25) is 0 Å². The molecule has 0 fully saturated rings. The Hall–Kier alpha value is 0.0400. The molecule has 0 aromatic carbocycles. The predicted molar refractivity (Wildman–Crippen MR) is 77.5 cm³/mol. The van der Waals surface area contributed by atoms with E-state index in [1.165, 1.54) is 0 Å². The fourth-order valence-corrected chi connectivity index (χ4v) is 2.91. The van der Waals surface area contributed by atoms with E-state index in [4.69, 9.17) is 25.6 Å². The lowest BCUT2D eigenvalue weighted by Crippen LogP contribution is -2.23. The van der Waals surface area contributed by atoms with Crippen LogP contribution in [0.25, 0.3) is 0 Å². The average molecular weight is 296 g/mol. The highest BCUT2D eigenvalue weighted by molar-refractivity contribution is 8.09. The van der Waals surface area contributed by atoms with E-state index in [2.05, 4.69) is 0 Å². The molecule has 0 saturated heterocycles. The van der Waals surface area contributed by atoms with E-state index in [1.54, 1.807) is 14.2 Å². The summed E-state index contributed by atoms with van der Waals surface area (Å²) in [5.41, 5.74) is -0.398. The molecular weight excluding hydrogens is 271 g/mol. The first-order chi connectivity index (χ1) is 8.22. The number of esters is 1. The van der Waals surface area contributed by atoms with Crippen LogP contribution >= 0.6 is 6.49 Å². The summed E-state index contributed by atoms with van der Waals surface area (Å²) in [6.07, 6.45) is 3.88. The maximum atomic E-state index is 11.4. The number of hydrogen-bond acceptors (Lipinski definition) is 5. The normalized spacial score (nSPS) is 12.5. The molecule has 0 bridgehead atoms. The van der Waals surface area contributed by atoms with Gasteiger partial charge in [-0.05, 0) is 45.4 Å². The standard InChI is InChI=1S/C12H25O4PS/c1-12(2,3)16-11(13)9-7-6-8-10-17(18,14-4)15-5/h6-10H2,1-5H3. The molecule has 108 valence electrons. The van der Waals surface area contributed by atoms with Gasteiger partial charge in [0.2, 0.25) is 0 Å². The van der Waals surface area contributed by atoms with Gasteiger partial charge >= 0.3 is 5.97 Å². The monoisotopic (exact) mass is 296 g/mol. The van der Waals surface area contributed by atoms with E-state index < -0.39 is 12.1 Å². The van der Waals surface area contributed by atoms with Gasteiger partial charge in [-0.1, -0.05) is 6.42 Å². The van der Waals surface area contributed by atoms with E-state index in [9.17, 15) is 4.79 Å². The van der Waals surface area contributed by atoms with Crippen molar-refractivity contribution in [1.29, 1.82) is 0 Å². The molecule has 6 heteroatoms. The summed E-state index contributed by atoms with van der Waals surface area (Å²) in [4.78, 5) is 11.4. The Labute approximate surface area is 116 Å². The molecule has 18 heavy (non-hydrogen) atoms. The molecule has 0 aliphatic carbocycles. The Kier molecular flexibility index (Phi) is 8.28. The number of rotatable bonds is 8. The van der Waals surface area contributed by atoms with Gasteiger partial charge in [-0.25, -0.2) is 0 Å². The van der Waals surface area contributed by atoms with Gasteiger partial charge in [0.25, 0.3) is 0 Å². The van der Waals surface area contributed by atoms with Crippen LogP contribution in [-0.4, -0.2) is 32.0 Å². The highest BCUT2D eigenvalue weighted by Crippen LogP contribution is 2.47. The van der Waals surface area contributed by atoms with E-state index in [-0.39, 0.29) is 5.97 Å². The fourth-order valence-electron chi connectivity index (χ4n) is 1.40. The van der Waals surface area contributed by atoms with Crippen molar-refractivity contribution in [2.45, 2.75) is 52.1 Å². The van der Waals surface area contributed by atoms with Crippen molar-refractivity contribution >= 4 is 24.3 Å². The van der Waals surface area contributed by atoms with Crippen molar-refractivity contribution in [2.75, 3.05) is 20.4 Å². The van der Waals surface area contributed by atoms with Gasteiger partial charge in [-0.2, -0.15) is 0 Å². The molecule has 0 unspecified atom stereocenters. The zero-order chi connectivity index (χ0) is 14.2. The third kappa shape index (κ3) is 9.03. The van der Waals surface area contributed by atoms with Crippen molar-refractivity contribution in [1.82, 2.24) is 0 Å². The lowest BCUT2D eigenvalue weighted by Gasteiger charge is -2.19. The van der Waals surface area contributed by atoms with E-state index in [0.717, 1.165) is 25.4 Å². The van der Waals surface area contributed by atoms with Crippen molar-refractivity contribution in [3.05, 3.63) is 0 Å². The van der Waals surface area contributed by atoms with Gasteiger partial charge in [0.15, 0.2) is 6.49 Å². The minimum Gasteiger partial charge on any atom is -0.460 e. The zero-order valence-corrected chi connectivity index (χ0v) is 13.7. The van der Waals surface area contributed by atoms with Crippen molar-refractivity contribution in [3.63, 3.8) is 0 Å². The Morgan fingerprint density at radius 2 is 1.67 bits per heavy atom. The molecule has 4 nitrogen and oxygen atoms in total. The summed E-state index contributed by atoms with van der Waals surface area (Å²) >= 11 is 5.25. The van der Waals surface area contributed by atoms with Crippen LogP contribution in [0.4, 0.5) is 0 Å². The molecular formula is C12H25O4PS. The Balaban J connectivity index is 3.69. The van der Waals surface area contributed by atoms with Crippen LogP contribution in [0.3, 0.4) is 0 Å². The second-order valence-electron chi connectivity index (χ2n) is 5.10. The molecule has 0 aliphatic heterocycles. The lowest BCUT2D eigenvalue weighted by atomic mass is 10.2. The number of carbonyl (C=O) groups excluding carboxylic acids is 1. The van der Waals surface area contributed by atoms with E-state index in [0.29, 0.717) is 6.42 Å². The molecule has 0 aliphatic rings. The molecule has 0 aromatic heterocycles. The number of carbonyl (C=O) groups is 1. The smallest absolute Gasteiger partial charge is 0.306 e. The minimum absolute atomic E-state index is 0.139. The third-order valence-electron chi connectivity index (χ3n) is 2.29. The molecule has 0 amide bonds. The van der Waals surface area contributed by atoms with Gasteiger partial charge < -0.3 is 13.8 Å². The van der Waals surface area contributed by atoms with Crippen molar-refractivity contribution in [2.24, 2.45) is 0 Å². The summed E-state index contributed by atoms with van der Waals surface area (Å²) < 4.78 is 15.6. The second-order valence-corrected chi connectivity index (χ2v) is 9.17. The Bertz CT molecular complexity index is 291. The quantitative estimate of drug-likeness (QED) is 0.390. The van der Waals surface area contributed by atoms with Crippen molar-refractivity contribution < 1.29 is 18.6 Å². The average Bonchev–Trinajstić information content (AvgIpc) is 2.26. The van der Waals surface area contributed by atoms with Gasteiger partial charge in [-0.3, -0.25) is 4.79 Å². The lowest BCUT2D eigenvalue weighted by molar-refractivity contribution is -0.154. The summed E-state index contributed by atoms with van der Waals surface area (Å²) in [6.45, 7) is 3.56. The fraction of sp³-hybridized carbons (Fsp3) is 0.917. The molecule has 0 heterocycles. The summed E-state index contributed by atoms with van der Waals surface area (Å²) in [7, 11) is 3.18. The number of unbranched alkanes of at least 4 members (excludes halogenated alkanes) is 2. The summed E-state index contributed by atoms with van der Waals surface area (Å²) in [5, 5.41) is 0. The van der Waals surface area contributed by atoms with E-state index >= 15 is 0 Å². The Morgan fingerprint density at radius 1 is 1.11 bits per heavy atom. The van der Waals surface area contributed by atoms with Gasteiger partial charge in [0, 0.05) is 26.8 Å². The first-order valence-electron chi connectivity index (χ1n) is 6.15. The van der Waals surface area contributed by atoms with Gasteiger partial charge in [0.05, 0.1) is 0 Å². The van der Waals surface area contributed by atoms with Crippen LogP contribution in [0.1, 0.15) is 46.5 Å². The first-order valence-corrected chi connectivity index (χ1v) is 8.97. The molecule has 0 saturated carbocycles. The summed E-state index contributed by atoms with van der Waals surface area (Å²) in [5.74, 6) is -0.139. The zero-order valence-electron chi connectivity index (χ0n) is 12.0. The van der Waals surface area contributed by atoms with E-state index in [1.807, 2.05) is 20.8 Å². The molecule has 0 rings (SSSR count). The minimum atomic E-state index is -2.06. The topological polar surface area (TPSA) is 44.8 Å². The highest BCUT2D eigenvalue weighted by Gasteiger charge is 2.16. The maximum absolute atomic E-state index is 11.4. The van der Waals surface area contributed by atoms with Crippen molar-refractivity contribution in [3.8, 4) is 0 Å². The number of ether oxygens (including phenoxy) is 1. The third-order valence-corrected chi connectivity index (χ3v) is 5.71. The predicted octanol–water partition coefficient (Wildman–Crippen LogP) is 3.49. The SMILES string of the molecule is COP(=S)(CCCCCC(=O)OC(C)(C)C)OC. The van der Waals surface area contributed by atoms with Crippen LogP contribution in [0, 0.1) is 0 Å². The van der Waals surface area contributed by atoms with Gasteiger partial charge in [-0.15, -0.1) is 0 Å². The first kappa shape index (κ1) is 18.0. The number of hydrogen-bond donors (Lipinski definition) is 0.